The second-order valence-corrected chi connectivity index (χ2v) is 8.94. The van der Waals surface area contributed by atoms with Gasteiger partial charge in [0.15, 0.2) is 0 Å². The molecular formula is C28H47F3N4. The van der Waals surface area contributed by atoms with E-state index in [9.17, 15) is 13.2 Å². The minimum absolute atomic E-state index is 0.206. The molecule has 1 aliphatic carbocycles. The van der Waals surface area contributed by atoms with Crippen LogP contribution in [0.4, 0.5) is 13.2 Å². The number of alkyl halides is 3. The van der Waals surface area contributed by atoms with Gasteiger partial charge >= 0.3 is 6.18 Å². The van der Waals surface area contributed by atoms with Crippen LogP contribution in [0.3, 0.4) is 0 Å². The molecule has 4 N–H and O–H groups in total. The predicted molar refractivity (Wildman–Crippen MR) is 142 cm³/mol. The lowest BCUT2D eigenvalue weighted by Crippen LogP contribution is -2.45. The molecule has 1 aromatic carbocycles. The van der Waals surface area contributed by atoms with E-state index in [1.807, 2.05) is 13.8 Å². The fourth-order valence-electron chi connectivity index (χ4n) is 4.38. The summed E-state index contributed by atoms with van der Waals surface area (Å²) in [4.78, 5) is 4.27. The van der Waals surface area contributed by atoms with Crippen molar-refractivity contribution in [2.45, 2.75) is 117 Å². The van der Waals surface area contributed by atoms with Crippen LogP contribution < -0.4 is 16.4 Å². The van der Waals surface area contributed by atoms with Gasteiger partial charge in [0.1, 0.15) is 12.0 Å². The van der Waals surface area contributed by atoms with Crippen molar-refractivity contribution in [2.24, 2.45) is 10.7 Å². The first-order chi connectivity index (χ1) is 16.8. The maximum atomic E-state index is 13.3. The van der Waals surface area contributed by atoms with Crippen LogP contribution in [0.5, 0.6) is 0 Å². The molecular weight excluding hydrogens is 449 g/mol. The van der Waals surface area contributed by atoms with E-state index >= 15 is 0 Å². The van der Waals surface area contributed by atoms with Gasteiger partial charge < -0.3 is 16.4 Å². The first-order valence-electron chi connectivity index (χ1n) is 13.5. The molecule has 1 unspecified atom stereocenters. The monoisotopic (exact) mass is 496 g/mol. The van der Waals surface area contributed by atoms with Crippen molar-refractivity contribution in [2.75, 3.05) is 7.05 Å². The third-order valence-electron chi connectivity index (χ3n) is 6.26. The Bertz CT molecular complexity index is 779. The lowest BCUT2D eigenvalue weighted by molar-refractivity contribution is -0.138. The zero-order valence-corrected chi connectivity index (χ0v) is 22.4. The Labute approximate surface area is 211 Å². The molecule has 2 aliphatic rings. The van der Waals surface area contributed by atoms with Crippen LogP contribution in [0.2, 0.25) is 0 Å². The third kappa shape index (κ3) is 10.2. The van der Waals surface area contributed by atoms with Crippen LogP contribution >= 0.6 is 0 Å². The van der Waals surface area contributed by atoms with Crippen LogP contribution in [0.1, 0.15) is 116 Å². The van der Waals surface area contributed by atoms with Gasteiger partial charge in [0.05, 0.1) is 5.56 Å². The van der Waals surface area contributed by atoms with E-state index in [-0.39, 0.29) is 5.56 Å². The number of nitrogens with two attached hydrogens (primary N) is 1. The molecule has 0 aromatic heterocycles. The normalized spacial score (nSPS) is 18.9. The zero-order chi connectivity index (χ0) is 26.3. The van der Waals surface area contributed by atoms with Crippen molar-refractivity contribution in [1.29, 1.82) is 0 Å². The zero-order valence-electron chi connectivity index (χ0n) is 22.4. The highest BCUT2D eigenvalue weighted by molar-refractivity contribution is 6.00. The second kappa shape index (κ2) is 16.6. The van der Waals surface area contributed by atoms with Crippen LogP contribution in [0.25, 0.3) is 0 Å². The summed E-state index contributed by atoms with van der Waals surface area (Å²) >= 11 is 0. The molecule has 0 fully saturated rings. The molecule has 0 spiro atoms. The predicted octanol–water partition coefficient (Wildman–Crippen LogP) is 7.86. The fraction of sp³-hybridized carbons (Fsp3) is 0.679. The standard InChI is InChI=1S/C17H20F3N3.C9H21N.C2H6/c1-21-15-12-8-3-2-4-10-14(12)22-16(23-15)11-7-5-6-9-13(11)17(18,19)20;1-3-5-7-9(10)8-6-4-2;1-2/h5-7,9,16,22H,2-4,8,10H2,1H3,(H,21,23);9H,3-8,10H2,1-2H3;1-2H3. The number of nitrogens with zero attached hydrogens (tertiary/aromatic N) is 1. The number of halogens is 3. The summed E-state index contributed by atoms with van der Waals surface area (Å²) in [6.07, 6.45) is 7.65. The summed E-state index contributed by atoms with van der Waals surface area (Å²) < 4.78 is 39.8. The Balaban J connectivity index is 0.000000433. The molecule has 0 amide bonds. The maximum Gasteiger partial charge on any atom is 0.416 e. The molecule has 1 aliphatic heterocycles. The maximum absolute atomic E-state index is 13.3. The molecule has 0 saturated heterocycles. The van der Waals surface area contributed by atoms with Crippen molar-refractivity contribution in [1.82, 2.24) is 10.6 Å². The Morgan fingerprint density at radius 3 is 2.14 bits per heavy atom. The van der Waals surface area contributed by atoms with E-state index in [4.69, 9.17) is 5.73 Å². The van der Waals surface area contributed by atoms with Crippen molar-refractivity contribution in [3.05, 3.63) is 46.7 Å². The van der Waals surface area contributed by atoms with Gasteiger partial charge in [-0.2, -0.15) is 13.2 Å². The quantitative estimate of drug-likeness (QED) is 0.360. The van der Waals surface area contributed by atoms with Gasteiger partial charge in [0.25, 0.3) is 0 Å². The molecule has 0 saturated carbocycles. The van der Waals surface area contributed by atoms with E-state index in [0.717, 1.165) is 49.4 Å². The first kappa shape index (κ1) is 31.0. The van der Waals surface area contributed by atoms with E-state index in [1.165, 1.54) is 50.7 Å². The first-order valence-corrected chi connectivity index (χ1v) is 13.5. The highest BCUT2D eigenvalue weighted by atomic mass is 19.4. The summed E-state index contributed by atoms with van der Waals surface area (Å²) in [6.45, 7) is 8.43. The average Bonchev–Trinajstić information content (AvgIpc) is 3.12. The number of aliphatic imine (C=N–C) groups is 1. The number of hydrogen-bond donors (Lipinski definition) is 3. The SMILES string of the molecule is CC.CCCCC(N)CCCC.CN=C1NC(c2ccccc2C(F)(F)F)NC2=C1CCCCC2. The number of unbranched alkanes of at least 4 members (excludes halogenated alkanes) is 2. The molecule has 0 bridgehead atoms. The van der Waals surface area contributed by atoms with Crippen LogP contribution in [0, 0.1) is 0 Å². The van der Waals surface area contributed by atoms with Gasteiger partial charge in [0.2, 0.25) is 0 Å². The molecule has 0 radical (unpaired) electrons. The molecule has 3 rings (SSSR count). The highest BCUT2D eigenvalue weighted by Gasteiger charge is 2.36. The smallest absolute Gasteiger partial charge is 0.365 e. The second-order valence-electron chi connectivity index (χ2n) is 8.94. The number of benzene rings is 1. The van der Waals surface area contributed by atoms with E-state index in [0.29, 0.717) is 11.9 Å². The number of rotatable bonds is 7. The Hall–Kier alpha value is -2.02. The van der Waals surface area contributed by atoms with Crippen LogP contribution in [-0.4, -0.2) is 18.9 Å². The molecule has 200 valence electrons. The molecule has 35 heavy (non-hydrogen) atoms. The van der Waals surface area contributed by atoms with Crippen molar-refractivity contribution in [3.8, 4) is 0 Å². The summed E-state index contributed by atoms with van der Waals surface area (Å²) in [7, 11) is 1.68. The summed E-state index contributed by atoms with van der Waals surface area (Å²) in [5, 5.41) is 6.42. The van der Waals surface area contributed by atoms with Crippen molar-refractivity contribution >= 4 is 5.84 Å². The largest absolute Gasteiger partial charge is 0.416 e. The highest BCUT2D eigenvalue weighted by Crippen LogP contribution is 2.36. The van der Waals surface area contributed by atoms with Gasteiger partial charge in [-0.1, -0.05) is 78.0 Å². The number of hydrogen-bond acceptors (Lipinski definition) is 3. The van der Waals surface area contributed by atoms with E-state index in [1.54, 1.807) is 13.1 Å². The number of allylic oxidation sites excluding steroid dienone is 1. The van der Waals surface area contributed by atoms with Crippen LogP contribution in [0.15, 0.2) is 40.5 Å². The van der Waals surface area contributed by atoms with Crippen molar-refractivity contribution < 1.29 is 13.2 Å². The van der Waals surface area contributed by atoms with Crippen LogP contribution in [-0.2, 0) is 6.18 Å². The molecule has 1 atom stereocenters. The van der Waals surface area contributed by atoms with Crippen molar-refractivity contribution in [3.63, 3.8) is 0 Å². The third-order valence-corrected chi connectivity index (χ3v) is 6.26. The lowest BCUT2D eigenvalue weighted by Gasteiger charge is -2.33. The Kier molecular flexibility index (Phi) is 14.7. The molecule has 1 aromatic rings. The molecule has 4 nitrogen and oxygen atoms in total. The van der Waals surface area contributed by atoms with E-state index in [2.05, 4.69) is 29.5 Å². The lowest BCUT2D eigenvalue weighted by atomic mass is 9.99. The summed E-state index contributed by atoms with van der Waals surface area (Å²) in [5.74, 6) is 0.711. The summed E-state index contributed by atoms with van der Waals surface area (Å²) in [6, 6.07) is 6.16. The van der Waals surface area contributed by atoms with Gasteiger partial charge in [-0.25, -0.2) is 0 Å². The van der Waals surface area contributed by atoms with Gasteiger partial charge in [-0.15, -0.1) is 0 Å². The molecule has 7 heteroatoms. The van der Waals surface area contributed by atoms with Gasteiger partial charge in [-0.3, -0.25) is 4.99 Å². The Morgan fingerprint density at radius 1 is 0.971 bits per heavy atom. The van der Waals surface area contributed by atoms with E-state index < -0.39 is 17.9 Å². The number of amidine groups is 1. The van der Waals surface area contributed by atoms with Gasteiger partial charge in [-0.05, 0) is 44.6 Å². The minimum atomic E-state index is -4.37. The topological polar surface area (TPSA) is 62.4 Å². The Morgan fingerprint density at radius 2 is 1.57 bits per heavy atom. The average molecular weight is 497 g/mol. The number of nitrogens with one attached hydrogen (secondary N) is 2. The van der Waals surface area contributed by atoms with Gasteiger partial charge in [0, 0.05) is 29.9 Å². The fourth-order valence-corrected chi connectivity index (χ4v) is 4.38. The molecule has 1 heterocycles. The minimum Gasteiger partial charge on any atom is -0.365 e. The summed E-state index contributed by atoms with van der Waals surface area (Å²) in [5.41, 5.74) is 7.59.